The molecule has 0 radical (unpaired) electrons. The van der Waals surface area contributed by atoms with Gasteiger partial charge in [0.1, 0.15) is 3.57 Å². The lowest BCUT2D eigenvalue weighted by atomic mass is 10.4. The number of halogens is 1. The number of nitrogens with one attached hydrogen (secondary N) is 1. The van der Waals surface area contributed by atoms with Crippen LogP contribution >= 0.6 is 33.9 Å². The summed E-state index contributed by atoms with van der Waals surface area (Å²) in [5, 5.41) is 1.95. The van der Waals surface area contributed by atoms with E-state index in [-0.39, 0.29) is 5.56 Å². The molecule has 2 aromatic rings. The second-order valence-electron chi connectivity index (χ2n) is 3.09. The topological polar surface area (TPSA) is 55.0 Å². The summed E-state index contributed by atoms with van der Waals surface area (Å²) < 4.78 is 5.60. The number of thiophene rings is 1. The van der Waals surface area contributed by atoms with Crippen molar-refractivity contribution in [2.45, 2.75) is 6.61 Å². The third-order valence-electron chi connectivity index (χ3n) is 1.97. The lowest BCUT2D eigenvalue weighted by molar-refractivity contribution is 0.180. The molecule has 84 valence electrons. The van der Waals surface area contributed by atoms with E-state index in [0.717, 1.165) is 4.88 Å². The summed E-state index contributed by atoms with van der Waals surface area (Å²) in [4.78, 5) is 19.8. The molecule has 0 aliphatic rings. The van der Waals surface area contributed by atoms with Crippen molar-refractivity contribution in [3.8, 4) is 10.7 Å². The van der Waals surface area contributed by atoms with Gasteiger partial charge in [-0.2, -0.15) is 0 Å². The molecule has 2 rings (SSSR count). The van der Waals surface area contributed by atoms with E-state index in [2.05, 4.69) is 9.97 Å². The summed E-state index contributed by atoms with van der Waals surface area (Å²) in [6.45, 7) is 0.348. The number of rotatable bonds is 3. The van der Waals surface area contributed by atoms with Crippen LogP contribution in [-0.2, 0) is 11.3 Å². The van der Waals surface area contributed by atoms with Gasteiger partial charge in [0.15, 0.2) is 5.82 Å². The molecule has 2 heterocycles. The molecule has 0 aromatic carbocycles. The smallest absolute Gasteiger partial charge is 0.264 e. The van der Waals surface area contributed by atoms with Crippen molar-refractivity contribution in [1.29, 1.82) is 0 Å². The molecule has 0 aliphatic carbocycles. The lowest BCUT2D eigenvalue weighted by Crippen LogP contribution is -2.16. The van der Waals surface area contributed by atoms with Crippen LogP contribution in [0, 0.1) is 3.57 Å². The highest BCUT2D eigenvalue weighted by Crippen LogP contribution is 2.20. The van der Waals surface area contributed by atoms with Gasteiger partial charge in [0.2, 0.25) is 0 Å². The summed E-state index contributed by atoms with van der Waals surface area (Å²) in [6, 6.07) is 3.85. The van der Waals surface area contributed by atoms with E-state index in [4.69, 9.17) is 4.74 Å². The maximum absolute atomic E-state index is 11.7. The molecule has 0 saturated heterocycles. The minimum Gasteiger partial charge on any atom is -0.378 e. The zero-order valence-electron chi connectivity index (χ0n) is 8.49. The van der Waals surface area contributed by atoms with Crippen molar-refractivity contribution in [3.63, 3.8) is 0 Å². The highest BCUT2D eigenvalue weighted by atomic mass is 127. The van der Waals surface area contributed by atoms with Crippen LogP contribution in [0.3, 0.4) is 0 Å². The van der Waals surface area contributed by atoms with Crippen LogP contribution < -0.4 is 5.56 Å². The van der Waals surface area contributed by atoms with E-state index in [9.17, 15) is 4.79 Å². The molecule has 0 spiro atoms. The molecule has 16 heavy (non-hydrogen) atoms. The Kier molecular flexibility index (Phi) is 3.72. The average Bonchev–Trinajstić information content (AvgIpc) is 2.78. The Morgan fingerprint density at radius 3 is 3.06 bits per heavy atom. The van der Waals surface area contributed by atoms with Crippen molar-refractivity contribution in [1.82, 2.24) is 9.97 Å². The second-order valence-corrected chi connectivity index (χ2v) is 5.11. The van der Waals surface area contributed by atoms with Crippen molar-refractivity contribution >= 4 is 33.9 Å². The Balaban J connectivity index is 2.53. The molecule has 0 bridgehead atoms. The van der Waals surface area contributed by atoms with E-state index >= 15 is 0 Å². The molecule has 0 amide bonds. The quantitative estimate of drug-likeness (QED) is 0.866. The molecular formula is C10H9IN2O2S. The predicted octanol–water partition coefficient (Wildman–Crippen LogP) is 2.25. The number of aromatic nitrogens is 2. The lowest BCUT2D eigenvalue weighted by Gasteiger charge is -2.04. The van der Waals surface area contributed by atoms with E-state index in [1.807, 2.05) is 40.1 Å². The SMILES string of the molecule is COCc1nc(-c2cccs2)[nH]c(=O)c1I. The minimum atomic E-state index is -0.119. The third kappa shape index (κ3) is 2.33. The van der Waals surface area contributed by atoms with Gasteiger partial charge in [-0.1, -0.05) is 6.07 Å². The Morgan fingerprint density at radius 1 is 1.62 bits per heavy atom. The molecule has 0 unspecified atom stereocenters. The van der Waals surface area contributed by atoms with Gasteiger partial charge in [-0.15, -0.1) is 11.3 Å². The van der Waals surface area contributed by atoms with Crippen LogP contribution in [0.4, 0.5) is 0 Å². The van der Waals surface area contributed by atoms with Crippen LogP contribution in [0.1, 0.15) is 5.69 Å². The number of methoxy groups -OCH3 is 1. The van der Waals surface area contributed by atoms with E-state index < -0.39 is 0 Å². The fourth-order valence-corrected chi connectivity index (χ4v) is 2.35. The van der Waals surface area contributed by atoms with Crippen LogP contribution in [-0.4, -0.2) is 17.1 Å². The number of ether oxygens (including phenoxy) is 1. The number of hydrogen-bond donors (Lipinski definition) is 1. The van der Waals surface area contributed by atoms with Crippen molar-refractivity contribution < 1.29 is 4.74 Å². The van der Waals surface area contributed by atoms with Gasteiger partial charge >= 0.3 is 0 Å². The standard InChI is InChI=1S/C10H9IN2O2S/c1-15-5-6-8(11)10(14)13-9(12-6)7-3-2-4-16-7/h2-4H,5H2,1H3,(H,12,13,14). The summed E-state index contributed by atoms with van der Waals surface area (Å²) in [5.41, 5.74) is 0.557. The van der Waals surface area contributed by atoms with Crippen LogP contribution in [0.2, 0.25) is 0 Å². The van der Waals surface area contributed by atoms with E-state index in [0.29, 0.717) is 21.7 Å². The van der Waals surface area contributed by atoms with Gasteiger partial charge in [0, 0.05) is 7.11 Å². The molecule has 0 saturated carbocycles. The van der Waals surface area contributed by atoms with Crippen LogP contribution in [0.25, 0.3) is 10.7 Å². The monoisotopic (exact) mass is 348 g/mol. The molecule has 6 heteroatoms. The zero-order valence-corrected chi connectivity index (χ0v) is 11.5. The van der Waals surface area contributed by atoms with Gasteiger partial charge in [-0.25, -0.2) is 4.98 Å². The maximum Gasteiger partial charge on any atom is 0.264 e. The zero-order chi connectivity index (χ0) is 11.5. The van der Waals surface area contributed by atoms with Gasteiger partial charge in [-0.3, -0.25) is 4.79 Å². The molecule has 2 aromatic heterocycles. The Labute approximate surface area is 110 Å². The Morgan fingerprint density at radius 2 is 2.44 bits per heavy atom. The fraction of sp³-hybridized carbons (Fsp3) is 0.200. The Bertz CT molecular complexity index is 536. The number of H-pyrrole nitrogens is 1. The highest BCUT2D eigenvalue weighted by molar-refractivity contribution is 14.1. The van der Waals surface area contributed by atoms with Crippen molar-refractivity contribution in [3.05, 3.63) is 37.1 Å². The molecule has 1 N–H and O–H groups in total. The summed E-state index contributed by atoms with van der Waals surface area (Å²) in [5.74, 6) is 0.604. The van der Waals surface area contributed by atoms with Crippen LogP contribution in [0.5, 0.6) is 0 Å². The molecular weight excluding hydrogens is 339 g/mol. The summed E-state index contributed by atoms with van der Waals surface area (Å²) in [6.07, 6.45) is 0. The fourth-order valence-electron chi connectivity index (χ4n) is 1.27. The minimum absolute atomic E-state index is 0.119. The van der Waals surface area contributed by atoms with Gasteiger partial charge in [0.25, 0.3) is 5.56 Å². The number of nitrogens with zero attached hydrogens (tertiary/aromatic N) is 1. The third-order valence-corrected chi connectivity index (χ3v) is 3.96. The highest BCUT2D eigenvalue weighted by Gasteiger charge is 2.10. The first-order chi connectivity index (χ1) is 7.72. The normalized spacial score (nSPS) is 10.6. The molecule has 0 fully saturated rings. The molecule has 0 atom stereocenters. The molecule has 4 nitrogen and oxygen atoms in total. The van der Waals surface area contributed by atoms with Crippen molar-refractivity contribution in [2.24, 2.45) is 0 Å². The molecule has 0 aliphatic heterocycles. The van der Waals surface area contributed by atoms with Gasteiger partial charge in [-0.05, 0) is 34.0 Å². The van der Waals surface area contributed by atoms with Crippen molar-refractivity contribution in [2.75, 3.05) is 7.11 Å². The second kappa shape index (κ2) is 5.07. The number of aromatic amines is 1. The largest absolute Gasteiger partial charge is 0.378 e. The van der Waals surface area contributed by atoms with E-state index in [1.54, 1.807) is 18.4 Å². The number of hydrogen-bond acceptors (Lipinski definition) is 4. The maximum atomic E-state index is 11.7. The Hall–Kier alpha value is -0.730. The first-order valence-corrected chi connectivity index (χ1v) is 6.49. The average molecular weight is 348 g/mol. The van der Waals surface area contributed by atoms with Crippen LogP contribution in [0.15, 0.2) is 22.3 Å². The van der Waals surface area contributed by atoms with Gasteiger partial charge in [0.05, 0.1) is 17.2 Å². The summed E-state index contributed by atoms with van der Waals surface area (Å²) in [7, 11) is 1.59. The first-order valence-electron chi connectivity index (χ1n) is 4.54. The van der Waals surface area contributed by atoms with E-state index in [1.165, 1.54) is 0 Å². The first kappa shape index (κ1) is 11.7. The summed E-state index contributed by atoms with van der Waals surface area (Å²) >= 11 is 3.52. The predicted molar refractivity (Wildman–Crippen MR) is 71.6 cm³/mol. The van der Waals surface area contributed by atoms with Gasteiger partial charge < -0.3 is 9.72 Å².